The number of primary amides is 1. The van der Waals surface area contributed by atoms with Crippen LogP contribution in [0.3, 0.4) is 0 Å². The molecule has 70 valence electrons. The first-order chi connectivity index (χ1) is 5.63. The lowest BCUT2D eigenvalue weighted by atomic mass is 10.1. The first-order valence-electron chi connectivity index (χ1n) is 3.90. The van der Waals surface area contributed by atoms with Gasteiger partial charge in [-0.2, -0.15) is 0 Å². The van der Waals surface area contributed by atoms with E-state index in [9.17, 15) is 9.59 Å². The number of hydrogen-bond acceptors (Lipinski definition) is 3. The Kier molecular flexibility index (Phi) is 5.03. The third kappa shape index (κ3) is 3.34. The lowest BCUT2D eigenvalue weighted by Gasteiger charge is -2.10. The molecule has 12 heavy (non-hydrogen) atoms. The van der Waals surface area contributed by atoms with Gasteiger partial charge < -0.3 is 16.8 Å². The van der Waals surface area contributed by atoms with Gasteiger partial charge in [-0.15, -0.1) is 0 Å². The average Bonchev–Trinajstić information content (AvgIpc) is 2.01. The average molecular weight is 173 g/mol. The molecule has 0 aromatic rings. The summed E-state index contributed by atoms with van der Waals surface area (Å²) < 4.78 is 0. The standard InChI is InChI=1S/C7H15N3O2/c1-2-5(6(9)11)7(12)10-4-3-8/h5H,2-4,8H2,1H3,(H2,9,11)(H,10,12). The molecule has 5 nitrogen and oxygen atoms in total. The molecule has 5 N–H and O–H groups in total. The van der Waals surface area contributed by atoms with Crippen LogP contribution in [0.15, 0.2) is 0 Å². The van der Waals surface area contributed by atoms with Crippen molar-refractivity contribution in [2.75, 3.05) is 13.1 Å². The summed E-state index contributed by atoms with van der Waals surface area (Å²) in [4.78, 5) is 21.8. The van der Waals surface area contributed by atoms with Gasteiger partial charge >= 0.3 is 0 Å². The van der Waals surface area contributed by atoms with Crippen molar-refractivity contribution in [2.45, 2.75) is 13.3 Å². The van der Waals surface area contributed by atoms with Crippen LogP contribution in [-0.2, 0) is 9.59 Å². The molecule has 0 heterocycles. The molecule has 0 fully saturated rings. The second-order valence-corrected chi connectivity index (χ2v) is 2.44. The van der Waals surface area contributed by atoms with Crippen molar-refractivity contribution in [3.8, 4) is 0 Å². The fourth-order valence-electron chi connectivity index (χ4n) is 0.834. The molecule has 0 saturated carbocycles. The second kappa shape index (κ2) is 5.54. The van der Waals surface area contributed by atoms with E-state index in [2.05, 4.69) is 5.32 Å². The van der Waals surface area contributed by atoms with E-state index in [4.69, 9.17) is 11.5 Å². The summed E-state index contributed by atoms with van der Waals surface area (Å²) in [7, 11) is 0. The predicted molar refractivity (Wildman–Crippen MR) is 45.0 cm³/mol. The number of nitrogens with two attached hydrogens (primary N) is 2. The summed E-state index contributed by atoms with van der Waals surface area (Å²) in [5.74, 6) is -1.65. The van der Waals surface area contributed by atoms with E-state index in [1.54, 1.807) is 6.92 Å². The van der Waals surface area contributed by atoms with Gasteiger partial charge in [0.25, 0.3) is 0 Å². The number of hydrogen-bond donors (Lipinski definition) is 3. The fourth-order valence-corrected chi connectivity index (χ4v) is 0.834. The fraction of sp³-hybridized carbons (Fsp3) is 0.714. The summed E-state index contributed by atoms with van der Waals surface area (Å²) >= 11 is 0. The normalized spacial score (nSPS) is 12.2. The summed E-state index contributed by atoms with van der Waals surface area (Å²) in [5, 5.41) is 2.50. The zero-order valence-electron chi connectivity index (χ0n) is 7.17. The topological polar surface area (TPSA) is 98.2 Å². The van der Waals surface area contributed by atoms with Crippen LogP contribution in [0.4, 0.5) is 0 Å². The van der Waals surface area contributed by atoms with Crippen molar-refractivity contribution in [1.29, 1.82) is 0 Å². The molecule has 0 rings (SSSR count). The van der Waals surface area contributed by atoms with Crippen LogP contribution in [0.1, 0.15) is 13.3 Å². The minimum absolute atomic E-state index is 0.338. The third-order valence-electron chi connectivity index (χ3n) is 1.51. The first-order valence-corrected chi connectivity index (χ1v) is 3.90. The second-order valence-electron chi connectivity index (χ2n) is 2.44. The zero-order chi connectivity index (χ0) is 9.56. The van der Waals surface area contributed by atoms with Gasteiger partial charge in [0.15, 0.2) is 0 Å². The van der Waals surface area contributed by atoms with Gasteiger partial charge in [-0.1, -0.05) is 6.92 Å². The van der Waals surface area contributed by atoms with Gasteiger partial charge in [0.05, 0.1) is 0 Å². The monoisotopic (exact) mass is 173 g/mol. The molecule has 0 radical (unpaired) electrons. The number of carbonyl (C=O) groups excluding carboxylic acids is 2. The van der Waals surface area contributed by atoms with Crippen molar-refractivity contribution >= 4 is 11.8 Å². The van der Waals surface area contributed by atoms with Crippen LogP contribution in [0, 0.1) is 5.92 Å². The smallest absolute Gasteiger partial charge is 0.232 e. The molecule has 1 atom stereocenters. The lowest BCUT2D eigenvalue weighted by Crippen LogP contribution is -2.40. The van der Waals surface area contributed by atoms with Crippen molar-refractivity contribution in [1.82, 2.24) is 5.32 Å². The molecular weight excluding hydrogens is 158 g/mol. The number of carbonyl (C=O) groups is 2. The Labute approximate surface area is 71.5 Å². The van der Waals surface area contributed by atoms with Crippen LogP contribution < -0.4 is 16.8 Å². The van der Waals surface area contributed by atoms with Crippen LogP contribution >= 0.6 is 0 Å². The van der Waals surface area contributed by atoms with Crippen LogP contribution in [0.2, 0.25) is 0 Å². The molecule has 2 amide bonds. The molecule has 0 saturated heterocycles. The largest absolute Gasteiger partial charge is 0.369 e. The van der Waals surface area contributed by atoms with Gasteiger partial charge in [-0.05, 0) is 6.42 Å². The van der Waals surface area contributed by atoms with E-state index in [0.717, 1.165) is 0 Å². The van der Waals surface area contributed by atoms with E-state index in [-0.39, 0.29) is 5.91 Å². The molecular formula is C7H15N3O2. The third-order valence-corrected chi connectivity index (χ3v) is 1.51. The molecule has 0 aliphatic carbocycles. The Bertz CT molecular complexity index is 170. The van der Waals surface area contributed by atoms with Crippen LogP contribution in [0.25, 0.3) is 0 Å². The zero-order valence-corrected chi connectivity index (χ0v) is 7.17. The minimum Gasteiger partial charge on any atom is -0.369 e. The highest BCUT2D eigenvalue weighted by Crippen LogP contribution is 2.00. The molecule has 0 aromatic heterocycles. The van der Waals surface area contributed by atoms with E-state index >= 15 is 0 Å². The number of nitrogens with one attached hydrogen (secondary N) is 1. The minimum atomic E-state index is -0.725. The molecule has 0 aliphatic rings. The van der Waals surface area contributed by atoms with Gasteiger partial charge in [0.1, 0.15) is 5.92 Å². The van der Waals surface area contributed by atoms with Gasteiger partial charge in [-0.25, -0.2) is 0 Å². The van der Waals surface area contributed by atoms with Gasteiger partial charge in [0.2, 0.25) is 11.8 Å². The summed E-state index contributed by atoms with van der Waals surface area (Å²) in [6, 6.07) is 0. The Hall–Kier alpha value is -1.10. The molecule has 1 unspecified atom stereocenters. The number of amides is 2. The van der Waals surface area contributed by atoms with E-state index in [1.165, 1.54) is 0 Å². The molecule has 0 aliphatic heterocycles. The molecule has 5 heteroatoms. The van der Waals surface area contributed by atoms with Crippen LogP contribution in [0.5, 0.6) is 0 Å². The summed E-state index contributed by atoms with van der Waals surface area (Å²) in [6.07, 6.45) is 0.422. The van der Waals surface area contributed by atoms with Crippen molar-refractivity contribution in [2.24, 2.45) is 17.4 Å². The van der Waals surface area contributed by atoms with Gasteiger partial charge in [-0.3, -0.25) is 9.59 Å². The molecule has 0 bridgehead atoms. The van der Waals surface area contributed by atoms with Gasteiger partial charge in [0, 0.05) is 13.1 Å². The summed E-state index contributed by atoms with van der Waals surface area (Å²) in [6.45, 7) is 2.47. The molecule has 0 spiro atoms. The summed E-state index contributed by atoms with van der Waals surface area (Å²) in [5.41, 5.74) is 10.2. The molecule has 0 aromatic carbocycles. The highest BCUT2D eigenvalue weighted by atomic mass is 16.2. The van der Waals surface area contributed by atoms with Crippen molar-refractivity contribution in [3.05, 3.63) is 0 Å². The lowest BCUT2D eigenvalue weighted by molar-refractivity contribution is -0.133. The van der Waals surface area contributed by atoms with Crippen LogP contribution in [-0.4, -0.2) is 24.9 Å². The van der Waals surface area contributed by atoms with E-state index in [0.29, 0.717) is 19.5 Å². The Morgan fingerprint density at radius 2 is 2.08 bits per heavy atom. The number of rotatable bonds is 5. The predicted octanol–water partition coefficient (Wildman–Crippen LogP) is -1.43. The SMILES string of the molecule is CCC(C(N)=O)C(=O)NCCN. The maximum atomic E-state index is 11.1. The van der Waals surface area contributed by atoms with E-state index in [1.807, 2.05) is 0 Å². The Morgan fingerprint density at radius 1 is 1.50 bits per heavy atom. The maximum Gasteiger partial charge on any atom is 0.232 e. The maximum absolute atomic E-state index is 11.1. The highest BCUT2D eigenvalue weighted by Gasteiger charge is 2.20. The first kappa shape index (κ1) is 10.9. The van der Waals surface area contributed by atoms with E-state index < -0.39 is 11.8 Å². The Balaban J connectivity index is 3.95. The Morgan fingerprint density at radius 3 is 2.42 bits per heavy atom. The highest BCUT2D eigenvalue weighted by molar-refractivity contribution is 5.99. The van der Waals surface area contributed by atoms with Crippen molar-refractivity contribution < 1.29 is 9.59 Å². The van der Waals surface area contributed by atoms with Crippen molar-refractivity contribution in [3.63, 3.8) is 0 Å². The quantitative estimate of drug-likeness (QED) is 0.445.